The number of phosphoric ester groups is 1. The van der Waals surface area contributed by atoms with Crippen molar-refractivity contribution in [1.29, 1.82) is 0 Å². The van der Waals surface area contributed by atoms with Gasteiger partial charge in [-0.25, -0.2) is 13.7 Å². The molecule has 0 radical (unpaired) electrons. The Hall–Kier alpha value is -1.40. The van der Waals surface area contributed by atoms with Crippen molar-refractivity contribution in [1.82, 2.24) is 4.90 Å². The largest absolute Gasteiger partial charge is 0.536 e. The fourth-order valence-electron chi connectivity index (χ4n) is 6.28. The number of ether oxygens (including phenoxy) is 1. The zero-order valence-corrected chi connectivity index (χ0v) is 21.3. The highest BCUT2D eigenvalue weighted by Crippen LogP contribution is 2.69. The summed E-state index contributed by atoms with van der Waals surface area (Å²) >= 11 is 0. The molecular weight excluding hydrogens is 543 g/mol. The van der Waals surface area contributed by atoms with Crippen LogP contribution in [0.15, 0.2) is 24.8 Å². The third-order valence-electron chi connectivity index (χ3n) is 7.35. The molecule has 5 N–H and O–H groups in total. The molecule has 1 spiro atoms. The van der Waals surface area contributed by atoms with Gasteiger partial charge in [0, 0.05) is 31.1 Å². The van der Waals surface area contributed by atoms with E-state index in [0.29, 0.717) is 31.5 Å². The molecule has 2 heterocycles. The van der Waals surface area contributed by atoms with Crippen LogP contribution in [-0.4, -0.2) is 66.2 Å². The Labute approximate surface area is 204 Å². The third-order valence-corrected chi connectivity index (χ3v) is 11.1. The first-order valence-corrected chi connectivity index (χ1v) is 15.4. The summed E-state index contributed by atoms with van der Waals surface area (Å²) < 4.78 is 53.6. The predicted molar refractivity (Wildman–Crippen MR) is 120 cm³/mol. The van der Waals surface area contributed by atoms with Crippen molar-refractivity contribution in [2.45, 2.75) is 48.8 Å². The summed E-state index contributed by atoms with van der Waals surface area (Å²) in [5.41, 5.74) is -1.28. The maximum atomic E-state index is 13.0. The molecule has 198 valence electrons. The number of piperidine rings is 1. The number of nitrogens with zero attached hydrogens (tertiary/aromatic N) is 1. The molecule has 2 bridgehead atoms. The van der Waals surface area contributed by atoms with E-state index in [-0.39, 0.29) is 30.4 Å². The molecule has 1 aromatic rings. The quantitative estimate of drug-likeness (QED) is 0.222. The molecule has 1 saturated heterocycles. The summed E-state index contributed by atoms with van der Waals surface area (Å²) in [4.78, 5) is 52.0. The predicted octanol–water partition coefficient (Wildman–Crippen LogP) is 1.30. The SMILES string of the molecule is C=CCN1CC[C@]23c4c5ccc(OP(=O)(O)OP(=O)(O)OP(=O)(O)O)c4O[C@H]2C(=O)CC[C@@]3(O)[C@H]1C5. The van der Waals surface area contributed by atoms with E-state index in [9.17, 15) is 33.4 Å². The van der Waals surface area contributed by atoms with Crippen LogP contribution in [0.25, 0.3) is 0 Å². The lowest BCUT2D eigenvalue weighted by Gasteiger charge is -2.62. The van der Waals surface area contributed by atoms with Crippen LogP contribution in [0.5, 0.6) is 11.5 Å². The summed E-state index contributed by atoms with van der Waals surface area (Å²) in [6, 6.07) is 2.50. The maximum Gasteiger partial charge on any atom is 0.536 e. The van der Waals surface area contributed by atoms with E-state index >= 15 is 0 Å². The maximum absolute atomic E-state index is 13.0. The zero-order chi connectivity index (χ0) is 26.3. The van der Waals surface area contributed by atoms with Gasteiger partial charge in [0.2, 0.25) is 0 Å². The summed E-state index contributed by atoms with van der Waals surface area (Å²) in [6.45, 7) is 4.86. The van der Waals surface area contributed by atoms with Crippen LogP contribution < -0.4 is 9.26 Å². The lowest BCUT2D eigenvalue weighted by atomic mass is 9.49. The number of aliphatic hydroxyl groups is 1. The second-order valence-electron chi connectivity index (χ2n) is 9.22. The smallest absolute Gasteiger partial charge is 0.477 e. The highest BCUT2D eigenvalue weighted by atomic mass is 31.3. The molecule has 2 aliphatic heterocycles. The Bertz CT molecular complexity index is 1300. The number of hydrogen-bond donors (Lipinski definition) is 5. The van der Waals surface area contributed by atoms with Crippen molar-refractivity contribution in [3.8, 4) is 11.5 Å². The molecule has 14 nitrogen and oxygen atoms in total. The molecule has 2 unspecified atom stereocenters. The molecule has 6 atom stereocenters. The number of likely N-dealkylation sites (tertiary alicyclic amines) is 1. The summed E-state index contributed by atoms with van der Waals surface area (Å²) in [7, 11) is -16.8. The topological polar surface area (TPSA) is 210 Å². The van der Waals surface area contributed by atoms with Gasteiger partial charge < -0.3 is 29.0 Å². The van der Waals surface area contributed by atoms with Gasteiger partial charge >= 0.3 is 23.5 Å². The van der Waals surface area contributed by atoms with Crippen LogP contribution in [0.3, 0.4) is 0 Å². The highest BCUT2D eigenvalue weighted by Gasteiger charge is 2.73. The van der Waals surface area contributed by atoms with Gasteiger partial charge in [0.25, 0.3) is 0 Å². The van der Waals surface area contributed by atoms with Gasteiger partial charge in [0.15, 0.2) is 23.4 Å². The van der Waals surface area contributed by atoms with Gasteiger partial charge in [-0.1, -0.05) is 12.1 Å². The van der Waals surface area contributed by atoms with Crippen molar-refractivity contribution in [3.05, 3.63) is 35.9 Å². The lowest BCUT2D eigenvalue weighted by molar-refractivity contribution is -0.187. The average molecular weight is 567 g/mol. The first-order valence-electron chi connectivity index (χ1n) is 10.9. The van der Waals surface area contributed by atoms with E-state index in [4.69, 9.17) is 19.0 Å². The van der Waals surface area contributed by atoms with E-state index in [1.54, 1.807) is 12.1 Å². The minimum absolute atomic E-state index is 0.0653. The number of benzene rings is 1. The molecule has 2 aliphatic carbocycles. The number of carbonyl (C=O) groups is 1. The Kier molecular flexibility index (Phi) is 6.04. The number of phosphoric acid groups is 3. The number of hydrogen-bond acceptors (Lipinski definition) is 10. The van der Waals surface area contributed by atoms with E-state index in [1.807, 2.05) is 0 Å². The van der Waals surface area contributed by atoms with Crippen LogP contribution in [0.4, 0.5) is 0 Å². The molecule has 4 aliphatic rings. The Morgan fingerprint density at radius 3 is 2.53 bits per heavy atom. The Morgan fingerprint density at radius 1 is 1.14 bits per heavy atom. The molecule has 2 fully saturated rings. The van der Waals surface area contributed by atoms with Crippen LogP contribution in [0.2, 0.25) is 0 Å². The molecule has 36 heavy (non-hydrogen) atoms. The van der Waals surface area contributed by atoms with Gasteiger partial charge in [0.05, 0.1) is 11.0 Å². The highest BCUT2D eigenvalue weighted by molar-refractivity contribution is 7.66. The number of ketones is 1. The van der Waals surface area contributed by atoms with Gasteiger partial charge in [-0.15, -0.1) is 6.58 Å². The van der Waals surface area contributed by atoms with E-state index in [0.717, 1.165) is 5.56 Å². The van der Waals surface area contributed by atoms with Crippen molar-refractivity contribution in [2.75, 3.05) is 13.1 Å². The number of Topliss-reactive ketones (excluding diaryl/α,β-unsaturated/α-hetero) is 1. The van der Waals surface area contributed by atoms with Crippen molar-refractivity contribution >= 4 is 29.3 Å². The minimum atomic E-state index is -5.73. The molecule has 5 rings (SSSR count). The van der Waals surface area contributed by atoms with Crippen molar-refractivity contribution in [2.24, 2.45) is 0 Å². The van der Waals surface area contributed by atoms with E-state index in [2.05, 4.69) is 20.1 Å². The van der Waals surface area contributed by atoms with Gasteiger partial charge in [0.1, 0.15) is 0 Å². The normalized spacial score (nSPS) is 34.2. The van der Waals surface area contributed by atoms with E-state index < -0.39 is 46.3 Å². The summed E-state index contributed by atoms with van der Waals surface area (Å²) in [5.74, 6) is -0.742. The first-order chi connectivity index (χ1) is 16.6. The second kappa shape index (κ2) is 8.30. The molecule has 1 aromatic carbocycles. The fraction of sp³-hybridized carbons (Fsp3) is 0.526. The Morgan fingerprint density at radius 2 is 1.86 bits per heavy atom. The van der Waals surface area contributed by atoms with Gasteiger partial charge in [-0.2, -0.15) is 8.62 Å². The van der Waals surface area contributed by atoms with Crippen LogP contribution >= 0.6 is 23.5 Å². The van der Waals surface area contributed by atoms with Crippen molar-refractivity contribution < 1.29 is 61.1 Å². The third kappa shape index (κ3) is 3.97. The number of carbonyl (C=O) groups excluding carboxylic acids is 1. The summed E-state index contributed by atoms with van der Waals surface area (Å²) in [6.07, 6.45) is 1.67. The van der Waals surface area contributed by atoms with E-state index in [1.165, 1.54) is 6.07 Å². The molecular formula is C19H24NO13P3. The monoisotopic (exact) mass is 567 g/mol. The molecule has 1 saturated carbocycles. The molecule has 17 heteroatoms. The lowest BCUT2D eigenvalue weighted by Crippen LogP contribution is -2.76. The summed E-state index contributed by atoms with van der Waals surface area (Å²) in [5, 5.41) is 12.1. The zero-order valence-electron chi connectivity index (χ0n) is 18.6. The average Bonchev–Trinajstić information content (AvgIpc) is 3.07. The van der Waals surface area contributed by atoms with Crippen LogP contribution in [0.1, 0.15) is 30.4 Å². The Balaban J connectivity index is 1.56. The number of rotatable bonds is 8. The second-order valence-corrected chi connectivity index (χ2v) is 13.6. The molecule has 0 aromatic heterocycles. The standard InChI is InChI=1S/C19H24NO13P3/c1-2-8-20-9-7-18-15-11-3-4-13(31-35(26,27)33-36(28,29)32-34(23,24)25)16(15)30-17(18)12(21)5-6-19(18,22)14(20)10-11/h2-4,14,17,22H,1,5-10H2,(H,26,27)(H,28,29)(H2,23,24,25)/t14-,17+,18+,19-/m1/s1. The minimum Gasteiger partial charge on any atom is -0.477 e. The fourth-order valence-corrected chi connectivity index (χ4v) is 9.31. The van der Waals surface area contributed by atoms with Crippen molar-refractivity contribution in [3.63, 3.8) is 0 Å². The van der Waals surface area contributed by atoms with Gasteiger partial charge in [-0.3, -0.25) is 14.6 Å². The first kappa shape index (κ1) is 26.2. The molecule has 0 amide bonds. The van der Waals surface area contributed by atoms with Gasteiger partial charge in [-0.05, 0) is 30.9 Å². The van der Waals surface area contributed by atoms with Crippen LogP contribution in [0, 0.1) is 0 Å². The van der Waals surface area contributed by atoms with Crippen LogP contribution in [-0.2, 0) is 38.9 Å².